The van der Waals surface area contributed by atoms with Crippen molar-refractivity contribution in [2.45, 2.75) is 6.04 Å². The largest absolute Gasteiger partial charge is 0.324 e. The maximum Gasteiger partial charge on any atom is 0.245 e. The number of nitrogens with one attached hydrogen (secondary N) is 1. The summed E-state index contributed by atoms with van der Waals surface area (Å²) in [5.41, 5.74) is 9.34. The molecule has 3 N–H and O–H groups in total. The maximum atomic E-state index is 11.6. The normalized spacial score (nSPS) is 17.2. The van der Waals surface area contributed by atoms with E-state index in [9.17, 15) is 4.79 Å². The molecule has 2 aromatic carbocycles. The van der Waals surface area contributed by atoms with Crippen LogP contribution in [0.15, 0.2) is 48.7 Å². The minimum absolute atomic E-state index is 0.164. The average molecular weight is 264 g/mol. The van der Waals surface area contributed by atoms with Gasteiger partial charge >= 0.3 is 0 Å². The van der Waals surface area contributed by atoms with Gasteiger partial charge in [-0.05, 0) is 18.2 Å². The molecule has 0 fully saturated rings. The van der Waals surface area contributed by atoms with Crippen LogP contribution < -0.4 is 11.1 Å². The van der Waals surface area contributed by atoms with Gasteiger partial charge in [-0.15, -0.1) is 0 Å². The zero-order chi connectivity index (χ0) is 13.7. The SMILES string of the molecule is NC1C(=O)Nc2cc(-n3ncc4ccccc43)ccc21. The molecule has 20 heavy (non-hydrogen) atoms. The van der Waals surface area contributed by atoms with Crippen molar-refractivity contribution in [3.05, 3.63) is 54.2 Å². The van der Waals surface area contributed by atoms with Crippen molar-refractivity contribution in [2.75, 3.05) is 5.32 Å². The Kier molecular flexibility index (Phi) is 2.19. The lowest BCUT2D eigenvalue weighted by molar-refractivity contribution is -0.116. The van der Waals surface area contributed by atoms with Crippen molar-refractivity contribution in [3.8, 4) is 5.69 Å². The Labute approximate surface area is 115 Å². The van der Waals surface area contributed by atoms with Crippen LogP contribution in [0.3, 0.4) is 0 Å². The summed E-state index contributed by atoms with van der Waals surface area (Å²) in [5, 5.41) is 8.27. The summed E-state index contributed by atoms with van der Waals surface area (Å²) in [6.07, 6.45) is 1.83. The first-order chi connectivity index (χ1) is 9.74. The molecule has 0 bridgehead atoms. The van der Waals surface area contributed by atoms with Crippen molar-refractivity contribution >= 4 is 22.5 Å². The summed E-state index contributed by atoms with van der Waals surface area (Å²) in [6.45, 7) is 0. The van der Waals surface area contributed by atoms with Gasteiger partial charge < -0.3 is 11.1 Å². The van der Waals surface area contributed by atoms with Gasteiger partial charge in [-0.25, -0.2) is 4.68 Å². The summed E-state index contributed by atoms with van der Waals surface area (Å²) >= 11 is 0. The molecular formula is C15H12N4O. The molecule has 1 aliphatic rings. The number of nitrogens with two attached hydrogens (primary N) is 1. The molecule has 4 rings (SSSR count). The molecule has 5 heteroatoms. The molecule has 0 spiro atoms. The summed E-state index contributed by atoms with van der Waals surface area (Å²) in [4.78, 5) is 11.6. The highest BCUT2D eigenvalue weighted by molar-refractivity contribution is 6.02. The van der Waals surface area contributed by atoms with E-state index in [1.54, 1.807) is 0 Å². The average Bonchev–Trinajstić information content (AvgIpc) is 3.01. The number of hydrogen-bond donors (Lipinski definition) is 2. The van der Waals surface area contributed by atoms with E-state index < -0.39 is 6.04 Å². The second kappa shape index (κ2) is 3.91. The first-order valence-electron chi connectivity index (χ1n) is 6.37. The zero-order valence-electron chi connectivity index (χ0n) is 10.6. The lowest BCUT2D eigenvalue weighted by Crippen LogP contribution is -2.19. The van der Waals surface area contributed by atoms with Gasteiger partial charge in [0.15, 0.2) is 0 Å². The van der Waals surface area contributed by atoms with Crippen molar-refractivity contribution in [1.82, 2.24) is 9.78 Å². The quantitative estimate of drug-likeness (QED) is 0.705. The van der Waals surface area contributed by atoms with Gasteiger partial charge in [-0.3, -0.25) is 4.79 Å². The minimum Gasteiger partial charge on any atom is -0.324 e. The number of carbonyl (C=O) groups excluding carboxylic acids is 1. The van der Waals surface area contributed by atoms with Gasteiger partial charge in [-0.2, -0.15) is 5.10 Å². The Morgan fingerprint density at radius 3 is 2.95 bits per heavy atom. The summed E-state index contributed by atoms with van der Waals surface area (Å²) in [6, 6.07) is 13.1. The van der Waals surface area contributed by atoms with Gasteiger partial charge in [-0.1, -0.05) is 24.3 Å². The van der Waals surface area contributed by atoms with Gasteiger partial charge in [0, 0.05) is 16.6 Å². The molecule has 3 aromatic rings. The molecule has 0 saturated carbocycles. The van der Waals surface area contributed by atoms with E-state index >= 15 is 0 Å². The van der Waals surface area contributed by atoms with Crippen molar-refractivity contribution in [1.29, 1.82) is 0 Å². The number of nitrogens with zero attached hydrogens (tertiary/aromatic N) is 2. The molecule has 1 aliphatic heterocycles. The predicted molar refractivity (Wildman–Crippen MR) is 76.6 cm³/mol. The molecule has 5 nitrogen and oxygen atoms in total. The van der Waals surface area contributed by atoms with Crippen LogP contribution in [0.2, 0.25) is 0 Å². The van der Waals surface area contributed by atoms with Gasteiger partial charge in [0.05, 0.1) is 17.4 Å². The van der Waals surface area contributed by atoms with Gasteiger partial charge in [0.2, 0.25) is 5.91 Å². The van der Waals surface area contributed by atoms with E-state index in [2.05, 4.69) is 10.4 Å². The van der Waals surface area contributed by atoms with Crippen LogP contribution in [0.25, 0.3) is 16.6 Å². The minimum atomic E-state index is -0.576. The number of anilines is 1. The van der Waals surface area contributed by atoms with Crippen LogP contribution in [-0.2, 0) is 4.79 Å². The fourth-order valence-electron chi connectivity index (χ4n) is 2.58. The van der Waals surface area contributed by atoms with Gasteiger partial charge in [0.1, 0.15) is 6.04 Å². The highest BCUT2D eigenvalue weighted by Gasteiger charge is 2.27. The third-order valence-electron chi connectivity index (χ3n) is 3.63. The molecule has 1 unspecified atom stereocenters. The van der Waals surface area contributed by atoms with E-state index in [0.29, 0.717) is 0 Å². The topological polar surface area (TPSA) is 72.9 Å². The number of amides is 1. The molecule has 0 aliphatic carbocycles. The highest BCUT2D eigenvalue weighted by Crippen LogP contribution is 2.31. The maximum absolute atomic E-state index is 11.6. The lowest BCUT2D eigenvalue weighted by atomic mass is 10.1. The highest BCUT2D eigenvalue weighted by atomic mass is 16.2. The van der Waals surface area contributed by atoms with Crippen LogP contribution in [0, 0.1) is 0 Å². The van der Waals surface area contributed by atoms with Crippen molar-refractivity contribution < 1.29 is 4.79 Å². The second-order valence-corrected chi connectivity index (χ2v) is 4.85. The molecule has 0 saturated heterocycles. The van der Waals surface area contributed by atoms with Gasteiger partial charge in [0.25, 0.3) is 0 Å². The number of fused-ring (bicyclic) bond motifs is 2. The third kappa shape index (κ3) is 1.47. The standard InChI is InChI=1S/C15H12N4O/c16-14-11-6-5-10(7-12(11)18-15(14)20)19-13-4-2-1-3-9(13)8-17-19/h1-8,14H,16H2,(H,18,20). The molecule has 2 heterocycles. The number of carbonyl (C=O) groups is 1. The Morgan fingerprint density at radius 1 is 1.20 bits per heavy atom. The second-order valence-electron chi connectivity index (χ2n) is 4.85. The Bertz CT molecular complexity index is 837. The monoisotopic (exact) mass is 264 g/mol. The fraction of sp³-hybridized carbons (Fsp3) is 0.0667. The molecular weight excluding hydrogens is 252 g/mol. The molecule has 98 valence electrons. The smallest absolute Gasteiger partial charge is 0.245 e. The van der Waals surface area contributed by atoms with E-state index in [1.807, 2.05) is 53.3 Å². The lowest BCUT2D eigenvalue weighted by Gasteiger charge is -2.06. The number of para-hydroxylation sites is 1. The number of benzene rings is 2. The van der Waals surface area contributed by atoms with E-state index in [-0.39, 0.29) is 5.91 Å². The molecule has 1 amide bonds. The Balaban J connectivity index is 1.88. The summed E-state index contributed by atoms with van der Waals surface area (Å²) < 4.78 is 1.85. The number of rotatable bonds is 1. The van der Waals surface area contributed by atoms with Crippen LogP contribution in [0.5, 0.6) is 0 Å². The van der Waals surface area contributed by atoms with Crippen LogP contribution in [0.1, 0.15) is 11.6 Å². The molecule has 1 aromatic heterocycles. The Hall–Kier alpha value is -2.66. The summed E-state index contributed by atoms with van der Waals surface area (Å²) in [7, 11) is 0. The number of aromatic nitrogens is 2. The van der Waals surface area contributed by atoms with Crippen LogP contribution in [0.4, 0.5) is 5.69 Å². The van der Waals surface area contributed by atoms with E-state index in [1.165, 1.54) is 0 Å². The Morgan fingerprint density at radius 2 is 2.05 bits per heavy atom. The zero-order valence-corrected chi connectivity index (χ0v) is 10.6. The van der Waals surface area contributed by atoms with Crippen molar-refractivity contribution in [2.24, 2.45) is 5.73 Å². The number of hydrogen-bond acceptors (Lipinski definition) is 3. The molecule has 0 radical (unpaired) electrons. The third-order valence-corrected chi connectivity index (χ3v) is 3.63. The molecule has 1 atom stereocenters. The van der Waals surface area contributed by atoms with E-state index in [4.69, 9.17) is 5.73 Å². The van der Waals surface area contributed by atoms with Crippen LogP contribution >= 0.6 is 0 Å². The summed E-state index contributed by atoms with van der Waals surface area (Å²) in [5.74, 6) is -0.164. The van der Waals surface area contributed by atoms with Crippen molar-refractivity contribution in [3.63, 3.8) is 0 Å². The van der Waals surface area contributed by atoms with E-state index in [0.717, 1.165) is 27.8 Å². The fourth-order valence-corrected chi connectivity index (χ4v) is 2.58. The predicted octanol–water partition coefficient (Wildman–Crippen LogP) is 1.98. The first kappa shape index (κ1) is 11.2. The van der Waals surface area contributed by atoms with Crippen LogP contribution in [-0.4, -0.2) is 15.7 Å². The first-order valence-corrected chi connectivity index (χ1v) is 6.37.